The molecule has 0 spiro atoms. The van der Waals surface area contributed by atoms with Gasteiger partial charge in [-0.15, -0.1) is 0 Å². The molecule has 0 aliphatic carbocycles. The fourth-order valence-electron chi connectivity index (χ4n) is 2.37. The molecule has 20 heavy (non-hydrogen) atoms. The molecule has 1 aromatic rings. The van der Waals surface area contributed by atoms with Crippen molar-refractivity contribution in [3.8, 4) is 0 Å². The second-order valence-electron chi connectivity index (χ2n) is 4.85. The summed E-state index contributed by atoms with van der Waals surface area (Å²) in [5.41, 5.74) is 0.940. The fraction of sp³-hybridized carbons (Fsp3) is 0.571. The third-order valence-electron chi connectivity index (χ3n) is 3.47. The van der Waals surface area contributed by atoms with Crippen molar-refractivity contribution in [3.05, 3.63) is 22.7 Å². The molecule has 110 valence electrons. The van der Waals surface area contributed by atoms with Gasteiger partial charge in [0.15, 0.2) is 5.15 Å². The van der Waals surface area contributed by atoms with Crippen molar-refractivity contribution in [2.24, 2.45) is 4.99 Å². The molecule has 0 bridgehead atoms. The average Bonchev–Trinajstić information content (AvgIpc) is 2.43. The number of rotatable bonds is 2. The summed E-state index contributed by atoms with van der Waals surface area (Å²) in [5, 5.41) is 0.239. The Balaban J connectivity index is 2.36. The monoisotopic (exact) mass is 299 g/mol. The van der Waals surface area contributed by atoms with Gasteiger partial charge in [-0.1, -0.05) is 18.5 Å². The zero-order chi connectivity index (χ0) is 14.7. The predicted molar refractivity (Wildman–Crippen MR) is 78.3 cm³/mol. The molecule has 0 N–H and O–H groups in total. The summed E-state index contributed by atoms with van der Waals surface area (Å²) in [7, 11) is 0. The third-order valence-corrected chi connectivity index (χ3v) is 3.75. The van der Waals surface area contributed by atoms with Gasteiger partial charge in [-0.05, 0) is 20.3 Å². The van der Waals surface area contributed by atoms with Gasteiger partial charge in [0.25, 0.3) is 0 Å². The Labute approximate surface area is 123 Å². The highest BCUT2D eigenvalue weighted by molar-refractivity contribution is 6.32. The number of nitrogens with zero attached hydrogens (tertiary/aromatic N) is 3. The number of morpholine rings is 1. The van der Waals surface area contributed by atoms with Gasteiger partial charge in [-0.3, -0.25) is 0 Å². The molecule has 1 aliphatic heterocycles. The van der Waals surface area contributed by atoms with E-state index >= 15 is 0 Å². The summed E-state index contributed by atoms with van der Waals surface area (Å²) < 4.78 is 19.2. The quantitative estimate of drug-likeness (QED) is 0.478. The van der Waals surface area contributed by atoms with E-state index in [9.17, 15) is 4.39 Å². The van der Waals surface area contributed by atoms with Crippen molar-refractivity contribution >= 4 is 23.1 Å². The lowest BCUT2D eigenvalue weighted by Crippen LogP contribution is -2.46. The topological polar surface area (TPSA) is 37.7 Å². The molecule has 4 nitrogen and oxygen atoms in total. The first-order valence-electron chi connectivity index (χ1n) is 6.77. The molecule has 0 aromatic carbocycles. The summed E-state index contributed by atoms with van der Waals surface area (Å²) >= 11 is 6.07. The van der Waals surface area contributed by atoms with Gasteiger partial charge >= 0.3 is 0 Å². The van der Waals surface area contributed by atoms with E-state index in [-0.39, 0.29) is 17.0 Å². The minimum Gasteiger partial charge on any atom is -0.377 e. The molecule has 1 atom stereocenters. The molecular formula is C14H19ClFN3O. The van der Waals surface area contributed by atoms with Gasteiger partial charge in [0.05, 0.1) is 25.5 Å². The van der Waals surface area contributed by atoms with E-state index in [1.807, 2.05) is 13.8 Å². The molecule has 1 saturated heterocycles. The van der Waals surface area contributed by atoms with E-state index in [1.54, 1.807) is 0 Å². The van der Waals surface area contributed by atoms with Gasteiger partial charge in [0.1, 0.15) is 17.3 Å². The molecule has 0 radical (unpaired) electrons. The second-order valence-corrected chi connectivity index (χ2v) is 5.21. The van der Waals surface area contributed by atoms with Crippen molar-refractivity contribution in [2.45, 2.75) is 33.2 Å². The Hall–Kier alpha value is -1.20. The first kappa shape index (κ1) is 15.2. The van der Waals surface area contributed by atoms with Gasteiger partial charge in [-0.25, -0.2) is 14.4 Å². The average molecular weight is 300 g/mol. The smallest absolute Gasteiger partial charge is 0.155 e. The van der Waals surface area contributed by atoms with E-state index in [0.717, 1.165) is 18.6 Å². The minimum absolute atomic E-state index is 0.239. The highest BCUT2D eigenvalue weighted by Crippen LogP contribution is 2.30. The highest BCUT2D eigenvalue weighted by atomic mass is 35.5. The van der Waals surface area contributed by atoms with E-state index in [1.165, 1.54) is 0 Å². The van der Waals surface area contributed by atoms with Gasteiger partial charge in [0, 0.05) is 12.1 Å². The highest BCUT2D eigenvalue weighted by Gasteiger charge is 2.21. The summed E-state index contributed by atoms with van der Waals surface area (Å²) in [6.45, 7) is 7.97. The molecule has 0 saturated carbocycles. The predicted octanol–water partition coefficient (Wildman–Crippen LogP) is 3.21. The maximum atomic E-state index is 13.8. The first-order chi connectivity index (χ1) is 9.54. The fourth-order valence-corrected chi connectivity index (χ4v) is 2.58. The molecule has 2 rings (SSSR count). The zero-order valence-corrected chi connectivity index (χ0v) is 12.7. The van der Waals surface area contributed by atoms with Crippen LogP contribution in [0.5, 0.6) is 0 Å². The number of aliphatic imine (C=N–C) groups is 1. The largest absolute Gasteiger partial charge is 0.377 e. The van der Waals surface area contributed by atoms with Gasteiger partial charge in [-0.2, -0.15) is 0 Å². The number of ether oxygens (including phenoxy) is 1. The van der Waals surface area contributed by atoms with E-state index in [2.05, 4.69) is 21.8 Å². The van der Waals surface area contributed by atoms with Crippen molar-refractivity contribution < 1.29 is 9.13 Å². The summed E-state index contributed by atoms with van der Waals surface area (Å²) in [6.07, 6.45) is 1.67. The minimum atomic E-state index is -0.363. The van der Waals surface area contributed by atoms with Crippen LogP contribution in [0.1, 0.15) is 26.3 Å². The lowest BCUT2D eigenvalue weighted by atomic mass is 10.1. The Kier molecular flexibility index (Phi) is 4.94. The third kappa shape index (κ3) is 3.10. The Morgan fingerprint density at radius 1 is 1.65 bits per heavy atom. The maximum Gasteiger partial charge on any atom is 0.155 e. The molecule has 1 aliphatic rings. The van der Waals surface area contributed by atoms with E-state index < -0.39 is 0 Å². The van der Waals surface area contributed by atoms with E-state index in [4.69, 9.17) is 16.3 Å². The van der Waals surface area contributed by atoms with Crippen LogP contribution in [-0.2, 0) is 11.2 Å². The van der Waals surface area contributed by atoms with Crippen LogP contribution in [0, 0.1) is 5.82 Å². The lowest BCUT2D eigenvalue weighted by Gasteiger charge is -2.34. The summed E-state index contributed by atoms with van der Waals surface area (Å²) in [6, 6.07) is 0.248. The summed E-state index contributed by atoms with van der Waals surface area (Å²) in [4.78, 5) is 10.5. The number of hydrogen-bond acceptors (Lipinski definition) is 3. The van der Waals surface area contributed by atoms with Crippen molar-refractivity contribution in [1.29, 1.82) is 0 Å². The SMILES string of the molecule is CCc1c(F)cnc(Cl)c1N=C(C)N1CCOC[C@H]1C. The van der Waals surface area contributed by atoms with Gasteiger partial charge < -0.3 is 9.64 Å². The molecule has 0 amide bonds. The molecule has 1 fully saturated rings. The van der Waals surface area contributed by atoms with Gasteiger partial charge in [0.2, 0.25) is 0 Å². The molecule has 0 unspecified atom stereocenters. The molecular weight excluding hydrogens is 281 g/mol. The van der Waals surface area contributed by atoms with Crippen LogP contribution >= 0.6 is 11.6 Å². The van der Waals surface area contributed by atoms with E-state index in [0.29, 0.717) is 30.9 Å². The normalized spacial score (nSPS) is 20.4. The van der Waals surface area contributed by atoms with Crippen molar-refractivity contribution in [3.63, 3.8) is 0 Å². The van der Waals surface area contributed by atoms with Crippen molar-refractivity contribution in [2.75, 3.05) is 19.8 Å². The standard InChI is InChI=1S/C14H19ClFN3O/c1-4-11-12(16)7-17-14(15)13(11)18-10(3)19-5-6-20-8-9(19)2/h7,9H,4-6,8H2,1-3H3/t9-/m1/s1. The Morgan fingerprint density at radius 2 is 2.40 bits per heavy atom. The van der Waals surface area contributed by atoms with Crippen LogP contribution in [-0.4, -0.2) is 41.5 Å². The summed E-state index contributed by atoms with van der Waals surface area (Å²) in [5.74, 6) is 0.447. The molecule has 1 aromatic heterocycles. The molecule has 6 heteroatoms. The Morgan fingerprint density at radius 3 is 3.05 bits per heavy atom. The molecule has 2 heterocycles. The van der Waals surface area contributed by atoms with Crippen LogP contribution in [0.3, 0.4) is 0 Å². The van der Waals surface area contributed by atoms with Crippen LogP contribution < -0.4 is 0 Å². The number of pyridine rings is 1. The number of amidine groups is 1. The first-order valence-corrected chi connectivity index (χ1v) is 7.15. The lowest BCUT2D eigenvalue weighted by molar-refractivity contribution is 0.0330. The number of aromatic nitrogens is 1. The second kappa shape index (κ2) is 6.50. The van der Waals surface area contributed by atoms with Crippen LogP contribution in [0.4, 0.5) is 10.1 Å². The van der Waals surface area contributed by atoms with Crippen LogP contribution in [0.2, 0.25) is 5.15 Å². The Bertz CT molecular complexity index is 521. The number of halogens is 2. The van der Waals surface area contributed by atoms with Crippen LogP contribution in [0.15, 0.2) is 11.2 Å². The van der Waals surface area contributed by atoms with Crippen molar-refractivity contribution in [1.82, 2.24) is 9.88 Å². The maximum absolute atomic E-state index is 13.8. The number of hydrogen-bond donors (Lipinski definition) is 0. The van der Waals surface area contributed by atoms with Crippen LogP contribution in [0.25, 0.3) is 0 Å². The zero-order valence-electron chi connectivity index (χ0n) is 12.0.